The molecule has 0 bridgehead atoms. The summed E-state index contributed by atoms with van der Waals surface area (Å²) in [6.07, 6.45) is 0.957. The molecule has 4 heteroatoms. The average molecular weight is 312 g/mol. The van der Waals surface area contributed by atoms with E-state index in [0.717, 1.165) is 30.1 Å². The van der Waals surface area contributed by atoms with Crippen molar-refractivity contribution in [1.29, 1.82) is 0 Å². The highest BCUT2D eigenvalue weighted by Crippen LogP contribution is 2.18. The predicted molar refractivity (Wildman–Crippen MR) is 95.2 cm³/mol. The molecule has 4 nitrogen and oxygen atoms in total. The summed E-state index contributed by atoms with van der Waals surface area (Å²) in [4.78, 5) is 14.3. The van der Waals surface area contributed by atoms with Gasteiger partial charge in [-0.1, -0.05) is 31.2 Å². The van der Waals surface area contributed by atoms with Crippen LogP contribution in [0.2, 0.25) is 0 Å². The van der Waals surface area contributed by atoms with Crippen molar-refractivity contribution in [3.63, 3.8) is 0 Å². The maximum Gasteiger partial charge on any atom is 0.243 e. The molecule has 2 aromatic rings. The first kappa shape index (κ1) is 16.9. The fraction of sp³-hybridized carbons (Fsp3) is 0.316. The van der Waals surface area contributed by atoms with Crippen LogP contribution in [-0.2, 0) is 4.79 Å². The van der Waals surface area contributed by atoms with E-state index in [1.165, 1.54) is 0 Å². The molecule has 0 aromatic heterocycles. The second-order valence-electron chi connectivity index (χ2n) is 5.27. The molecule has 1 amide bonds. The molecule has 0 saturated heterocycles. The van der Waals surface area contributed by atoms with E-state index in [1.54, 1.807) is 0 Å². The van der Waals surface area contributed by atoms with E-state index in [-0.39, 0.29) is 5.91 Å². The van der Waals surface area contributed by atoms with Crippen LogP contribution in [-0.4, -0.2) is 25.6 Å². The van der Waals surface area contributed by atoms with Gasteiger partial charge in [0.25, 0.3) is 0 Å². The zero-order valence-corrected chi connectivity index (χ0v) is 13.8. The molecule has 122 valence electrons. The van der Waals surface area contributed by atoms with Crippen molar-refractivity contribution in [2.75, 3.05) is 29.9 Å². The van der Waals surface area contributed by atoms with E-state index in [4.69, 9.17) is 4.74 Å². The summed E-state index contributed by atoms with van der Waals surface area (Å²) < 4.78 is 5.59. The van der Waals surface area contributed by atoms with Crippen LogP contribution in [0.4, 0.5) is 11.4 Å². The number of para-hydroxylation sites is 1. The van der Waals surface area contributed by atoms with Gasteiger partial charge in [-0.25, -0.2) is 0 Å². The molecule has 0 radical (unpaired) electrons. The van der Waals surface area contributed by atoms with Gasteiger partial charge in [-0.2, -0.15) is 0 Å². The van der Waals surface area contributed by atoms with Crippen molar-refractivity contribution >= 4 is 17.3 Å². The largest absolute Gasteiger partial charge is 0.494 e. The Hall–Kier alpha value is -2.49. The zero-order chi connectivity index (χ0) is 16.5. The highest BCUT2D eigenvalue weighted by Gasteiger charge is 2.10. The van der Waals surface area contributed by atoms with Crippen LogP contribution >= 0.6 is 0 Å². The van der Waals surface area contributed by atoms with Crippen LogP contribution in [0, 0.1) is 0 Å². The summed E-state index contributed by atoms with van der Waals surface area (Å²) in [7, 11) is 0. The second kappa shape index (κ2) is 8.83. The number of benzene rings is 2. The summed E-state index contributed by atoms with van der Waals surface area (Å²) in [5, 5.41) is 2.93. The molecule has 0 spiro atoms. The number of nitrogens with one attached hydrogen (secondary N) is 1. The van der Waals surface area contributed by atoms with Crippen LogP contribution < -0.4 is 15.0 Å². The Morgan fingerprint density at radius 3 is 2.57 bits per heavy atom. The maximum atomic E-state index is 12.3. The van der Waals surface area contributed by atoms with Crippen LogP contribution in [0.5, 0.6) is 5.75 Å². The SMILES string of the molecule is CCCOc1cccc(NC(=O)CN(CC)c2ccccc2)c1. The Morgan fingerprint density at radius 1 is 1.09 bits per heavy atom. The molecule has 1 N–H and O–H groups in total. The number of likely N-dealkylation sites (N-methyl/N-ethyl adjacent to an activating group) is 1. The molecule has 0 heterocycles. The molecule has 2 aromatic carbocycles. The lowest BCUT2D eigenvalue weighted by molar-refractivity contribution is -0.115. The molecular formula is C19H24N2O2. The van der Waals surface area contributed by atoms with Gasteiger partial charge in [-0.05, 0) is 37.6 Å². The van der Waals surface area contributed by atoms with E-state index < -0.39 is 0 Å². The molecule has 0 saturated carbocycles. The van der Waals surface area contributed by atoms with Crippen LogP contribution in [0.1, 0.15) is 20.3 Å². The zero-order valence-electron chi connectivity index (χ0n) is 13.8. The highest BCUT2D eigenvalue weighted by atomic mass is 16.5. The summed E-state index contributed by atoms with van der Waals surface area (Å²) in [5.41, 5.74) is 1.80. The van der Waals surface area contributed by atoms with Gasteiger partial charge in [0.2, 0.25) is 5.91 Å². The van der Waals surface area contributed by atoms with E-state index in [9.17, 15) is 4.79 Å². The summed E-state index contributed by atoms with van der Waals surface area (Å²) in [6.45, 7) is 5.88. The summed E-state index contributed by atoms with van der Waals surface area (Å²) in [5.74, 6) is 0.739. The number of nitrogens with zero attached hydrogens (tertiary/aromatic N) is 1. The van der Waals surface area contributed by atoms with Crippen molar-refractivity contribution in [2.45, 2.75) is 20.3 Å². The van der Waals surface area contributed by atoms with Crippen LogP contribution in [0.25, 0.3) is 0 Å². The number of amides is 1. The average Bonchev–Trinajstić information content (AvgIpc) is 2.59. The van der Waals surface area contributed by atoms with Gasteiger partial charge in [-0.3, -0.25) is 4.79 Å². The fourth-order valence-corrected chi connectivity index (χ4v) is 2.28. The van der Waals surface area contributed by atoms with Gasteiger partial charge in [0.1, 0.15) is 5.75 Å². The minimum absolute atomic E-state index is 0.0386. The molecule has 0 fully saturated rings. The van der Waals surface area contributed by atoms with Gasteiger partial charge in [-0.15, -0.1) is 0 Å². The minimum atomic E-state index is -0.0386. The number of hydrogen-bond acceptors (Lipinski definition) is 3. The van der Waals surface area contributed by atoms with Crippen LogP contribution in [0.3, 0.4) is 0 Å². The lowest BCUT2D eigenvalue weighted by Crippen LogP contribution is -2.33. The fourth-order valence-electron chi connectivity index (χ4n) is 2.28. The number of anilines is 2. The van der Waals surface area contributed by atoms with Crippen molar-refractivity contribution < 1.29 is 9.53 Å². The molecule has 0 atom stereocenters. The maximum absolute atomic E-state index is 12.3. The number of carbonyl (C=O) groups excluding carboxylic acids is 1. The number of carbonyl (C=O) groups is 1. The Morgan fingerprint density at radius 2 is 1.87 bits per heavy atom. The standard InChI is InChI=1S/C19H24N2O2/c1-3-13-23-18-12-8-9-16(14-18)20-19(22)15-21(4-2)17-10-6-5-7-11-17/h5-12,14H,3-4,13,15H2,1-2H3,(H,20,22). The Kier molecular flexibility index (Phi) is 6.48. The molecule has 23 heavy (non-hydrogen) atoms. The summed E-state index contributed by atoms with van der Waals surface area (Å²) in [6, 6.07) is 17.4. The third kappa shape index (κ3) is 5.33. The van der Waals surface area contributed by atoms with Crippen LogP contribution in [0.15, 0.2) is 54.6 Å². The quantitative estimate of drug-likeness (QED) is 0.802. The van der Waals surface area contributed by atoms with Crippen molar-refractivity contribution in [3.05, 3.63) is 54.6 Å². The third-order valence-electron chi connectivity index (χ3n) is 3.43. The van der Waals surface area contributed by atoms with Gasteiger partial charge in [0, 0.05) is 24.0 Å². The Bertz CT molecular complexity index is 614. The lowest BCUT2D eigenvalue weighted by atomic mass is 10.2. The molecular weight excluding hydrogens is 288 g/mol. The monoisotopic (exact) mass is 312 g/mol. The van der Waals surface area contributed by atoms with Crippen molar-refractivity contribution in [3.8, 4) is 5.75 Å². The molecule has 0 aliphatic carbocycles. The Balaban J connectivity index is 1.96. The van der Waals surface area contributed by atoms with E-state index in [0.29, 0.717) is 13.2 Å². The highest BCUT2D eigenvalue weighted by molar-refractivity contribution is 5.94. The normalized spacial score (nSPS) is 10.2. The molecule has 0 aliphatic heterocycles. The predicted octanol–water partition coefficient (Wildman–Crippen LogP) is 3.94. The first-order valence-corrected chi connectivity index (χ1v) is 8.05. The first-order chi connectivity index (χ1) is 11.2. The van der Waals surface area contributed by atoms with E-state index >= 15 is 0 Å². The van der Waals surface area contributed by atoms with E-state index in [1.807, 2.05) is 66.4 Å². The summed E-state index contributed by atoms with van der Waals surface area (Å²) >= 11 is 0. The first-order valence-electron chi connectivity index (χ1n) is 8.05. The smallest absolute Gasteiger partial charge is 0.243 e. The number of ether oxygens (including phenoxy) is 1. The number of hydrogen-bond donors (Lipinski definition) is 1. The topological polar surface area (TPSA) is 41.6 Å². The van der Waals surface area contributed by atoms with Gasteiger partial charge in [0.15, 0.2) is 0 Å². The molecule has 0 aliphatic rings. The lowest BCUT2D eigenvalue weighted by Gasteiger charge is -2.22. The van der Waals surface area contributed by atoms with E-state index in [2.05, 4.69) is 12.2 Å². The van der Waals surface area contributed by atoms with Gasteiger partial charge in [0.05, 0.1) is 13.2 Å². The van der Waals surface area contributed by atoms with Gasteiger partial charge < -0.3 is 15.0 Å². The second-order valence-corrected chi connectivity index (χ2v) is 5.27. The molecule has 0 unspecified atom stereocenters. The van der Waals surface area contributed by atoms with Crippen molar-refractivity contribution in [2.24, 2.45) is 0 Å². The minimum Gasteiger partial charge on any atom is -0.494 e. The molecule has 2 rings (SSSR count). The van der Waals surface area contributed by atoms with Gasteiger partial charge >= 0.3 is 0 Å². The number of rotatable bonds is 8. The van der Waals surface area contributed by atoms with Crippen molar-refractivity contribution in [1.82, 2.24) is 0 Å². The third-order valence-corrected chi connectivity index (χ3v) is 3.43. The Labute approximate surface area is 138 Å².